The summed E-state index contributed by atoms with van der Waals surface area (Å²) in [7, 11) is 0. The van der Waals surface area contributed by atoms with E-state index in [4.69, 9.17) is 30.4 Å². The molecule has 0 aromatic carbocycles. The Balaban J connectivity index is -0.0000336. The van der Waals surface area contributed by atoms with E-state index in [9.17, 15) is 53.6 Å². The summed E-state index contributed by atoms with van der Waals surface area (Å²) in [6.07, 6.45) is 6.08. The summed E-state index contributed by atoms with van der Waals surface area (Å²) in [6, 6.07) is -1.28. The molecule has 0 aliphatic rings. The lowest BCUT2D eigenvalue weighted by atomic mass is 9.98. The summed E-state index contributed by atoms with van der Waals surface area (Å²) >= 11 is 0. The summed E-state index contributed by atoms with van der Waals surface area (Å²) in [5, 5.41) is 51.4. The van der Waals surface area contributed by atoms with E-state index < -0.39 is 35.0 Å². The van der Waals surface area contributed by atoms with Crippen LogP contribution < -0.4 is 59.3 Å². The highest BCUT2D eigenvalue weighted by atomic mass is 16.5. The maximum absolute atomic E-state index is 13.3. The van der Waals surface area contributed by atoms with Gasteiger partial charge >= 0.3 is 0 Å². The van der Waals surface area contributed by atoms with Crippen LogP contribution in [0, 0.1) is 11.8 Å². The van der Waals surface area contributed by atoms with Crippen LogP contribution >= 0.6 is 0 Å². The number of carbonyl (C=O) groups is 9. The molecule has 0 unspecified atom stereocenters. The Labute approximate surface area is 505 Å². The van der Waals surface area contributed by atoms with Gasteiger partial charge in [-0.1, -0.05) is 51.9 Å². The number of ether oxygens (including phenoxy) is 4. The molecule has 85 heavy (non-hydrogen) atoms. The number of hydrogen-bond acceptors (Lipinski definition) is 19. The highest BCUT2D eigenvalue weighted by Gasteiger charge is 2.27. The van der Waals surface area contributed by atoms with E-state index in [-0.39, 0.29) is 179 Å². The second-order valence-corrected chi connectivity index (χ2v) is 21.6. The van der Waals surface area contributed by atoms with Crippen molar-refractivity contribution in [2.75, 3.05) is 98.7 Å². The average Bonchev–Trinajstić information content (AvgIpc) is 3.44. The topological polar surface area (TPSA) is 416 Å². The molecule has 0 saturated carbocycles. The van der Waals surface area contributed by atoms with Crippen LogP contribution in [0.2, 0.25) is 0 Å². The lowest BCUT2D eigenvalue weighted by molar-refractivity contribution is -0.129. The quantitative estimate of drug-likeness (QED) is 0.0177. The number of nitrogens with zero attached hydrogens (tertiary/aromatic N) is 2. The first-order valence-electron chi connectivity index (χ1n) is 29.1. The van der Waals surface area contributed by atoms with E-state index in [2.05, 4.69) is 58.2 Å². The lowest BCUT2D eigenvalue weighted by Crippen LogP contribution is -2.57. The smallest absolute Gasteiger partial charge is 0.246 e. The van der Waals surface area contributed by atoms with E-state index >= 15 is 0 Å². The van der Waals surface area contributed by atoms with Gasteiger partial charge in [-0.05, 0) is 99.3 Å². The SMILES string of the molecule is C.C.C/C(=N\O)C(C)(C)NCC(CNC(C)(C)/C(C)=N/O)NC(=O)CCCC(=O)NCCCC[C@H](NC(=O)CCCC(=O)NCCOCCOCC(=O)NCCOCCOCC(=O)NCCCC[C@H](C)C(N)=O)C(=O)NCCCC[C@H](C)C(N)=O. The van der Waals surface area contributed by atoms with Crippen molar-refractivity contribution in [1.29, 1.82) is 0 Å². The molecule has 0 saturated heterocycles. The first-order valence-corrected chi connectivity index (χ1v) is 29.1. The Morgan fingerprint density at radius 2 is 0.800 bits per heavy atom. The molecule has 9 amide bonds. The van der Waals surface area contributed by atoms with Crippen molar-refractivity contribution in [2.45, 2.75) is 190 Å². The summed E-state index contributed by atoms with van der Waals surface area (Å²) in [4.78, 5) is 111. The molecule has 28 nitrogen and oxygen atoms in total. The van der Waals surface area contributed by atoms with Gasteiger partial charge in [-0.3, -0.25) is 43.2 Å². The first-order chi connectivity index (χ1) is 39.3. The molecular weight excluding hydrogens is 1110 g/mol. The van der Waals surface area contributed by atoms with Crippen molar-refractivity contribution in [3.63, 3.8) is 0 Å². The number of rotatable bonds is 52. The van der Waals surface area contributed by atoms with Crippen LogP contribution in [0.4, 0.5) is 0 Å². The zero-order valence-corrected chi connectivity index (χ0v) is 50.8. The van der Waals surface area contributed by atoms with Crippen LogP contribution in [0.25, 0.3) is 0 Å². The fraction of sp³-hybridized carbons (Fsp3) is 0.807. The minimum atomic E-state index is -0.865. The van der Waals surface area contributed by atoms with Crippen LogP contribution in [0.1, 0.15) is 167 Å². The van der Waals surface area contributed by atoms with Crippen molar-refractivity contribution in [2.24, 2.45) is 33.6 Å². The van der Waals surface area contributed by atoms with Crippen LogP contribution in [-0.4, -0.2) is 197 Å². The van der Waals surface area contributed by atoms with Crippen LogP contribution in [0.3, 0.4) is 0 Å². The highest BCUT2D eigenvalue weighted by Crippen LogP contribution is 2.11. The third-order valence-corrected chi connectivity index (χ3v) is 13.6. The van der Waals surface area contributed by atoms with E-state index in [1.165, 1.54) is 0 Å². The Kier molecular flexibility index (Phi) is 49.0. The average molecular weight is 1220 g/mol. The summed E-state index contributed by atoms with van der Waals surface area (Å²) < 4.78 is 21.5. The van der Waals surface area contributed by atoms with Crippen LogP contribution in [0.15, 0.2) is 10.3 Å². The second-order valence-electron chi connectivity index (χ2n) is 21.6. The Bertz CT molecular complexity index is 1960. The van der Waals surface area contributed by atoms with E-state index in [1.54, 1.807) is 27.7 Å². The molecule has 0 rings (SSSR count). The number of oxime groups is 2. The minimum absolute atomic E-state index is 0. The molecule has 0 spiro atoms. The number of nitrogens with two attached hydrogens (primary N) is 2. The van der Waals surface area contributed by atoms with E-state index in [1.807, 2.05) is 27.7 Å². The Morgan fingerprint density at radius 1 is 0.447 bits per heavy atom. The molecule has 28 heteroatoms. The maximum atomic E-state index is 13.3. The lowest BCUT2D eigenvalue weighted by Gasteiger charge is -2.32. The molecule has 0 aromatic rings. The van der Waals surface area contributed by atoms with Gasteiger partial charge in [0.05, 0.1) is 68.2 Å². The van der Waals surface area contributed by atoms with Crippen molar-refractivity contribution in [3.05, 3.63) is 0 Å². The third-order valence-electron chi connectivity index (χ3n) is 13.6. The predicted molar refractivity (Wildman–Crippen MR) is 326 cm³/mol. The largest absolute Gasteiger partial charge is 0.411 e. The number of primary amides is 2. The van der Waals surface area contributed by atoms with Gasteiger partial charge in [-0.2, -0.15) is 0 Å². The van der Waals surface area contributed by atoms with Gasteiger partial charge in [-0.25, -0.2) is 0 Å². The van der Waals surface area contributed by atoms with Crippen molar-refractivity contribution < 1.29 is 72.5 Å². The summed E-state index contributed by atoms with van der Waals surface area (Å²) in [6.45, 7) is 17.4. The third kappa shape index (κ3) is 45.0. The molecule has 0 aromatic heterocycles. The molecule has 15 N–H and O–H groups in total. The van der Waals surface area contributed by atoms with Gasteiger partial charge in [0, 0.05) is 83.3 Å². The highest BCUT2D eigenvalue weighted by molar-refractivity contribution is 5.91. The molecule has 0 radical (unpaired) electrons. The second kappa shape index (κ2) is 50.1. The molecule has 0 heterocycles. The molecule has 494 valence electrons. The van der Waals surface area contributed by atoms with E-state index in [0.717, 1.165) is 12.8 Å². The normalized spacial score (nSPS) is 13.1. The van der Waals surface area contributed by atoms with Gasteiger partial charge in [0.1, 0.15) is 19.3 Å². The first kappa shape index (κ1) is 83.1. The number of nitrogens with one attached hydrogen (secondary N) is 9. The van der Waals surface area contributed by atoms with Gasteiger partial charge in [0.15, 0.2) is 0 Å². The van der Waals surface area contributed by atoms with Crippen molar-refractivity contribution in [1.82, 2.24) is 47.9 Å². The molecule has 0 aliphatic carbocycles. The molecule has 3 atom stereocenters. The van der Waals surface area contributed by atoms with Gasteiger partial charge < -0.3 is 88.7 Å². The maximum Gasteiger partial charge on any atom is 0.246 e. The van der Waals surface area contributed by atoms with Crippen LogP contribution in [-0.2, 0) is 62.1 Å². The van der Waals surface area contributed by atoms with Crippen LogP contribution in [0.5, 0.6) is 0 Å². The van der Waals surface area contributed by atoms with Gasteiger partial charge in [-0.15, -0.1) is 0 Å². The Morgan fingerprint density at radius 3 is 1.22 bits per heavy atom. The number of unbranched alkanes of at least 4 members (excludes halogenated alkanes) is 3. The standard InChI is InChI=1S/C55H103N13O15.2CH4/c1-39(51(56)75)17-9-12-25-59-49(73)37-82-33-32-81-30-28-61-50(74)38-83-34-31-80-29-27-60-46(70)21-16-23-48(72)66-44(53(77)62-26-13-10-18-40(2)52(57)76)19-11-14-24-58-45(69)20-15-22-47(71)65-43(35-63-54(5,6)41(3)67-78)36-64-55(7,8)42(4)68-79;;/h39-40,43-44,63-64,78-79H,9-38H2,1-8H3,(H2,56,75)(H2,57,76)(H,58,69)(H,59,73)(H,60,70)(H,61,74)(H,62,77)(H,65,71)(H,66,72);2*1H4/b67-41+,68-42+;;/t39-,40-,44-;;/m0../s1. The van der Waals surface area contributed by atoms with E-state index in [0.29, 0.717) is 82.7 Å². The number of amides is 9. The molecular formula is C57H111N13O15. The van der Waals surface area contributed by atoms with Crippen molar-refractivity contribution in [3.8, 4) is 0 Å². The summed E-state index contributed by atoms with van der Waals surface area (Å²) in [5.41, 5.74) is 10.2. The fourth-order valence-corrected chi connectivity index (χ4v) is 7.36. The zero-order valence-electron chi connectivity index (χ0n) is 50.8. The summed E-state index contributed by atoms with van der Waals surface area (Å²) in [5.74, 6) is -3.35. The number of hydrogen-bond donors (Lipinski definition) is 13. The molecule has 0 aliphatic heterocycles. The minimum Gasteiger partial charge on any atom is -0.411 e. The molecule has 0 bridgehead atoms. The Hall–Kier alpha value is -6.07. The monoisotopic (exact) mass is 1220 g/mol. The fourth-order valence-electron chi connectivity index (χ4n) is 7.36. The van der Waals surface area contributed by atoms with Crippen molar-refractivity contribution >= 4 is 64.6 Å². The number of carbonyl (C=O) groups excluding carboxylic acids is 9. The predicted octanol–water partition coefficient (Wildman–Crippen LogP) is 1.41. The zero-order chi connectivity index (χ0) is 62.5. The van der Waals surface area contributed by atoms with Gasteiger partial charge in [0.2, 0.25) is 53.2 Å². The van der Waals surface area contributed by atoms with Gasteiger partial charge in [0.25, 0.3) is 0 Å². The molecule has 0 fully saturated rings.